The first kappa shape index (κ1) is 30.0. The van der Waals surface area contributed by atoms with Crippen LogP contribution in [0.15, 0.2) is 107 Å². The van der Waals surface area contributed by atoms with E-state index in [1.165, 1.54) is 33.6 Å². The molecule has 0 fully saturated rings. The topological polar surface area (TPSA) is 182 Å². The molecule has 4 aromatic heterocycles. The number of aromatic amines is 4. The number of nitrogens with one attached hydrogen (secondary N) is 4. The third-order valence-electron chi connectivity index (χ3n) is 8.82. The molecular formula is C38H26N6O6. The van der Waals surface area contributed by atoms with Crippen LogP contribution in [0.4, 0.5) is 0 Å². The quantitative estimate of drug-likeness (QED) is 0.167. The van der Waals surface area contributed by atoms with Crippen LogP contribution in [-0.4, -0.2) is 51.7 Å². The van der Waals surface area contributed by atoms with Crippen molar-refractivity contribution in [2.75, 3.05) is 0 Å². The molecule has 0 unspecified atom stereocenters. The van der Waals surface area contributed by atoms with Crippen molar-refractivity contribution in [2.24, 2.45) is 0 Å². The molecular weight excluding hydrogens is 636 g/mol. The fourth-order valence-electron chi connectivity index (χ4n) is 6.55. The molecule has 0 amide bonds. The van der Waals surface area contributed by atoms with Crippen molar-refractivity contribution >= 4 is 46.6 Å². The Balaban J connectivity index is 1.51. The Morgan fingerprint density at radius 2 is 0.880 bits per heavy atom. The monoisotopic (exact) mass is 662 g/mol. The molecule has 12 heteroatoms. The summed E-state index contributed by atoms with van der Waals surface area (Å²) in [7, 11) is 0. The van der Waals surface area contributed by atoms with Crippen LogP contribution in [0, 0.1) is 31.8 Å². The summed E-state index contributed by atoms with van der Waals surface area (Å²) in [6, 6.07) is 27.2. The Morgan fingerprint density at radius 1 is 0.520 bits per heavy atom. The van der Waals surface area contributed by atoms with Gasteiger partial charge in [-0.1, -0.05) is 73.8 Å². The fourth-order valence-corrected chi connectivity index (χ4v) is 6.55. The minimum Gasteiger partial charge on any atom is -0.478 e. The van der Waals surface area contributed by atoms with E-state index in [0.29, 0.717) is 43.5 Å². The predicted molar refractivity (Wildman–Crippen MR) is 187 cm³/mol. The van der Waals surface area contributed by atoms with Crippen LogP contribution < -0.4 is 21.8 Å². The largest absolute Gasteiger partial charge is 0.478 e. The summed E-state index contributed by atoms with van der Waals surface area (Å²) in [6.07, 6.45) is 0. The van der Waals surface area contributed by atoms with Gasteiger partial charge in [0.05, 0.1) is 65.0 Å². The average molecular weight is 663 g/mol. The molecule has 6 N–H and O–H groups in total. The summed E-state index contributed by atoms with van der Waals surface area (Å²) >= 11 is 0. The summed E-state index contributed by atoms with van der Waals surface area (Å²) < 4.78 is 2.53. The maximum Gasteiger partial charge on any atom is 0.335 e. The zero-order chi connectivity index (χ0) is 34.8. The maximum atomic E-state index is 14.0. The first-order chi connectivity index (χ1) is 24.1. The van der Waals surface area contributed by atoms with Gasteiger partial charge >= 0.3 is 11.9 Å². The molecule has 4 heterocycles. The number of rotatable bonds is 4. The van der Waals surface area contributed by atoms with Gasteiger partial charge in [-0.3, -0.25) is 19.8 Å². The van der Waals surface area contributed by atoms with Crippen molar-refractivity contribution in [1.82, 2.24) is 29.5 Å². The van der Waals surface area contributed by atoms with Gasteiger partial charge in [-0.15, -0.1) is 0 Å². The Labute approximate surface area is 278 Å². The molecule has 4 aromatic carbocycles. The van der Waals surface area contributed by atoms with Gasteiger partial charge in [0.1, 0.15) is 0 Å². The first-order valence-electron chi connectivity index (χ1n) is 15.4. The number of H-pyrrole nitrogens is 4. The summed E-state index contributed by atoms with van der Waals surface area (Å²) in [6.45, 7) is 8.21. The molecule has 0 saturated heterocycles. The van der Waals surface area contributed by atoms with Crippen molar-refractivity contribution in [2.45, 2.75) is 0 Å². The highest BCUT2D eigenvalue weighted by molar-refractivity contribution is 5.89. The van der Waals surface area contributed by atoms with Crippen LogP contribution in [0.2, 0.25) is 0 Å². The van der Waals surface area contributed by atoms with Crippen LogP contribution in [0.1, 0.15) is 20.7 Å². The minimum absolute atomic E-state index is 0.0339. The van der Waals surface area contributed by atoms with Crippen LogP contribution >= 0.6 is 0 Å². The van der Waals surface area contributed by atoms with Crippen molar-refractivity contribution in [3.8, 4) is 11.4 Å². The third-order valence-corrected chi connectivity index (χ3v) is 8.82. The molecule has 0 atom stereocenters. The molecule has 0 saturated carbocycles. The molecule has 0 bridgehead atoms. The molecule has 0 aliphatic carbocycles. The number of aromatic nitrogens is 6. The number of fused-ring (bicyclic) bond motifs is 2. The van der Waals surface area contributed by atoms with Gasteiger partial charge in [-0.05, 0) is 36.4 Å². The second-order valence-corrected chi connectivity index (χ2v) is 11.8. The van der Waals surface area contributed by atoms with E-state index in [1.54, 1.807) is 24.3 Å². The van der Waals surface area contributed by atoms with Gasteiger partial charge in [0, 0.05) is 21.5 Å². The van der Waals surface area contributed by atoms with Gasteiger partial charge < -0.3 is 20.2 Å². The van der Waals surface area contributed by atoms with Crippen LogP contribution in [0.3, 0.4) is 0 Å². The molecule has 0 radical (unpaired) electrons. The highest BCUT2D eigenvalue weighted by Crippen LogP contribution is 2.22. The number of aromatic carboxylic acids is 2. The Morgan fingerprint density at radius 3 is 1.24 bits per heavy atom. The van der Waals surface area contributed by atoms with Gasteiger partial charge in [-0.25, -0.2) is 19.0 Å². The zero-order valence-electron chi connectivity index (χ0n) is 26.1. The minimum atomic E-state index is -1.11. The second-order valence-electron chi connectivity index (χ2n) is 11.8. The van der Waals surface area contributed by atoms with E-state index in [-0.39, 0.29) is 21.6 Å². The summed E-state index contributed by atoms with van der Waals surface area (Å²) in [5.74, 6) is -2.23. The molecule has 50 heavy (non-hydrogen) atoms. The number of benzene rings is 4. The van der Waals surface area contributed by atoms with Crippen molar-refractivity contribution < 1.29 is 19.8 Å². The molecule has 8 rings (SSSR count). The van der Waals surface area contributed by atoms with Crippen LogP contribution in [0.25, 0.3) is 46.1 Å². The molecule has 0 aliphatic rings. The van der Waals surface area contributed by atoms with Crippen LogP contribution in [-0.2, 0) is 0 Å². The lowest BCUT2D eigenvalue weighted by Crippen LogP contribution is -2.15. The number of carboxylic acids is 2. The lowest BCUT2D eigenvalue weighted by Gasteiger charge is -2.02. The van der Waals surface area contributed by atoms with Crippen LogP contribution in [0.5, 0.6) is 0 Å². The van der Waals surface area contributed by atoms with Crippen molar-refractivity contribution in [3.05, 3.63) is 171 Å². The summed E-state index contributed by atoms with van der Waals surface area (Å²) in [4.78, 5) is 58.1. The van der Waals surface area contributed by atoms with Gasteiger partial charge in [0.15, 0.2) is 0 Å². The van der Waals surface area contributed by atoms with E-state index < -0.39 is 23.1 Å². The SMILES string of the molecule is C=c1[nH]n(-c2cccc(C(=O)O)c2)c(=O)/c1=c1\[nH]/c(=c2/[nH]/c(=c3/c(=C)[nH]n(-c4cccc(C(=O)O)c4)c3=O)c3ccccc23)c2ccccc12. The van der Waals surface area contributed by atoms with Gasteiger partial charge in [-0.2, -0.15) is 0 Å². The molecule has 244 valence electrons. The number of carboxylic acid groups (broad SMARTS) is 2. The normalized spacial score (nSPS) is 13.6. The number of carbonyl (C=O) groups is 2. The van der Waals surface area contributed by atoms with Crippen molar-refractivity contribution in [3.63, 3.8) is 0 Å². The highest BCUT2D eigenvalue weighted by atomic mass is 16.4. The Kier molecular flexibility index (Phi) is 6.68. The lowest BCUT2D eigenvalue weighted by atomic mass is 10.1. The second kappa shape index (κ2) is 11.1. The number of nitrogens with zero attached hydrogens (tertiary/aromatic N) is 2. The third kappa shape index (κ3) is 4.54. The predicted octanol–water partition coefficient (Wildman–Crippen LogP) is 3.69. The molecule has 8 aromatic rings. The average Bonchev–Trinajstić information content (AvgIpc) is 3.84. The summed E-state index contributed by atoms with van der Waals surface area (Å²) in [5, 5.41) is 31.6. The number of hydrogen-bond acceptors (Lipinski definition) is 4. The maximum absolute atomic E-state index is 14.0. The molecule has 0 spiro atoms. The Bertz CT molecular complexity index is 3050. The van der Waals surface area contributed by atoms with E-state index in [0.717, 1.165) is 21.5 Å². The van der Waals surface area contributed by atoms with E-state index in [4.69, 9.17) is 0 Å². The lowest BCUT2D eigenvalue weighted by molar-refractivity contribution is 0.0686. The van der Waals surface area contributed by atoms with Crippen molar-refractivity contribution in [1.29, 1.82) is 0 Å². The smallest absolute Gasteiger partial charge is 0.335 e. The standard InChI is InChI=1S/C38H26N6O6/c1-19-29(35(45)43(41-19)23-11-7-9-21(17-23)37(47)48)31-25-13-3-5-15-27(25)33(39-31)34-28-16-6-4-14-26(28)32(40-34)30-20(2)42-44(36(30)46)24-12-8-10-22(18-24)38(49)50/h3-18,39-42H,1-2H2,(H,47,48)(H,49,50)/b31-29-,32-30-,34-33+. The van der Waals surface area contributed by atoms with E-state index >= 15 is 0 Å². The molecule has 0 aliphatic heterocycles. The van der Waals surface area contributed by atoms with E-state index in [1.807, 2.05) is 48.5 Å². The highest BCUT2D eigenvalue weighted by Gasteiger charge is 2.14. The molecule has 12 nitrogen and oxygen atoms in total. The fraction of sp³-hybridized carbons (Fsp3) is 0. The summed E-state index contributed by atoms with van der Waals surface area (Å²) in [5.41, 5.74) is -0.0848. The van der Waals surface area contributed by atoms with E-state index in [9.17, 15) is 29.4 Å². The zero-order valence-corrected chi connectivity index (χ0v) is 26.1. The first-order valence-corrected chi connectivity index (χ1v) is 15.4. The number of hydrogen-bond donors (Lipinski definition) is 6. The Hall–Kier alpha value is -7.34. The van der Waals surface area contributed by atoms with Gasteiger partial charge in [0.25, 0.3) is 11.1 Å². The van der Waals surface area contributed by atoms with Gasteiger partial charge in [0.2, 0.25) is 0 Å². The van der Waals surface area contributed by atoms with E-state index in [2.05, 4.69) is 33.3 Å².